The van der Waals surface area contributed by atoms with Crippen LogP contribution in [0.1, 0.15) is 13.3 Å². The Morgan fingerprint density at radius 1 is 1.48 bits per heavy atom. The summed E-state index contributed by atoms with van der Waals surface area (Å²) in [4.78, 5) is 6.66. The Labute approximate surface area is 140 Å². The Kier molecular flexibility index (Phi) is 5.25. The Bertz CT molecular complexity index is 617. The fourth-order valence-corrected chi connectivity index (χ4v) is 4.00. The minimum absolute atomic E-state index is 0.179. The normalized spacial score (nSPS) is 25.4. The van der Waals surface area contributed by atoms with Gasteiger partial charge in [0.15, 0.2) is 6.17 Å². The molecule has 0 amide bonds. The first-order valence-electron chi connectivity index (χ1n) is 8.08. The van der Waals surface area contributed by atoms with Crippen LogP contribution in [-0.4, -0.2) is 56.1 Å². The lowest BCUT2D eigenvalue weighted by Gasteiger charge is -2.40. The summed E-state index contributed by atoms with van der Waals surface area (Å²) < 4.78 is 6.01. The third-order valence-corrected chi connectivity index (χ3v) is 5.24. The van der Waals surface area contributed by atoms with Crippen LogP contribution in [0.3, 0.4) is 0 Å². The number of hydrogen-bond donors (Lipinski definition) is 1. The Morgan fingerprint density at radius 3 is 3.09 bits per heavy atom. The molecular formula is C16H24N4O2S. The Hall–Kier alpha value is -1.09. The van der Waals surface area contributed by atoms with Crippen molar-refractivity contribution < 1.29 is 4.74 Å². The van der Waals surface area contributed by atoms with Crippen molar-refractivity contribution in [3.8, 4) is 0 Å². The van der Waals surface area contributed by atoms with Crippen LogP contribution in [0, 0.1) is 5.21 Å². The quantitative estimate of drug-likeness (QED) is 0.478. The maximum absolute atomic E-state index is 13.5. The molecule has 1 N–H and O–H groups in total. The fraction of sp³-hybridized carbons (Fsp3) is 0.562. The van der Waals surface area contributed by atoms with E-state index in [2.05, 4.69) is 15.2 Å². The van der Waals surface area contributed by atoms with Gasteiger partial charge in [-0.1, -0.05) is 23.5 Å². The lowest BCUT2D eigenvalue weighted by Crippen LogP contribution is -2.56. The van der Waals surface area contributed by atoms with Gasteiger partial charge >= 0.3 is 0 Å². The smallest absolute Gasteiger partial charge is 0.289 e. The second-order valence-electron chi connectivity index (χ2n) is 5.96. The van der Waals surface area contributed by atoms with E-state index in [0.717, 1.165) is 42.9 Å². The van der Waals surface area contributed by atoms with Crippen molar-refractivity contribution in [3.63, 3.8) is 0 Å². The molecule has 1 aromatic carbocycles. The van der Waals surface area contributed by atoms with Gasteiger partial charge in [0.2, 0.25) is 0 Å². The largest absolute Gasteiger partial charge is 0.623 e. The van der Waals surface area contributed by atoms with Gasteiger partial charge in [-0.05, 0) is 32.5 Å². The average molecular weight is 336 g/mol. The summed E-state index contributed by atoms with van der Waals surface area (Å²) in [7, 11) is 1.99. The number of fused-ring (bicyclic) bond motifs is 1. The highest BCUT2D eigenvalue weighted by molar-refractivity contribution is 7.22. The number of nitrogens with one attached hydrogen (secondary N) is 1. The minimum Gasteiger partial charge on any atom is -0.623 e. The van der Waals surface area contributed by atoms with Crippen LogP contribution in [0.25, 0.3) is 10.2 Å². The molecule has 0 spiro atoms. The van der Waals surface area contributed by atoms with Gasteiger partial charge in [0, 0.05) is 19.8 Å². The first kappa shape index (κ1) is 16.8. The second kappa shape index (κ2) is 7.21. The van der Waals surface area contributed by atoms with Crippen LogP contribution in [0.4, 0.5) is 5.13 Å². The van der Waals surface area contributed by atoms with E-state index < -0.39 is 4.65 Å². The third-order valence-electron chi connectivity index (χ3n) is 4.10. The highest BCUT2D eigenvalue weighted by Crippen LogP contribution is 2.36. The van der Waals surface area contributed by atoms with E-state index in [1.807, 2.05) is 38.2 Å². The van der Waals surface area contributed by atoms with E-state index in [-0.39, 0.29) is 6.17 Å². The lowest BCUT2D eigenvalue weighted by atomic mass is 10.3. The zero-order valence-corrected chi connectivity index (χ0v) is 14.5. The van der Waals surface area contributed by atoms with Crippen molar-refractivity contribution in [3.05, 3.63) is 29.5 Å². The molecular weight excluding hydrogens is 312 g/mol. The number of benzene rings is 1. The molecule has 23 heavy (non-hydrogen) atoms. The van der Waals surface area contributed by atoms with E-state index in [4.69, 9.17) is 4.74 Å². The van der Waals surface area contributed by atoms with Gasteiger partial charge in [-0.3, -0.25) is 14.9 Å². The number of rotatable bonds is 7. The second-order valence-corrected chi connectivity index (χ2v) is 6.97. The minimum atomic E-state index is -0.412. The van der Waals surface area contributed by atoms with Crippen LogP contribution < -0.4 is 9.96 Å². The lowest BCUT2D eigenvalue weighted by molar-refractivity contribution is 0.142. The van der Waals surface area contributed by atoms with Crippen molar-refractivity contribution >= 4 is 26.7 Å². The Morgan fingerprint density at radius 2 is 2.30 bits per heavy atom. The number of aromatic nitrogens is 1. The predicted octanol–water partition coefficient (Wildman–Crippen LogP) is 2.35. The van der Waals surface area contributed by atoms with Crippen LogP contribution in [0.2, 0.25) is 0 Å². The first-order chi connectivity index (χ1) is 11.1. The highest BCUT2D eigenvalue weighted by atomic mass is 32.1. The van der Waals surface area contributed by atoms with E-state index in [0.29, 0.717) is 11.8 Å². The number of likely N-dealkylation sites (N-methyl/N-ethyl adjacent to an activating group) is 1. The molecule has 1 aromatic heterocycles. The molecule has 2 unspecified atom stereocenters. The number of thiazole rings is 1. The number of hydrogen-bond acceptors (Lipinski definition) is 6. The standard InChI is InChI=1S/C16H24N4O2S/c1-3-22-10-6-9-17-15-11-19(2)12-20(15,21)16-18-13-7-4-5-8-14(13)23-16/h4-5,7-8,15,17H,3,6,9-12H2,1-2H3. The highest BCUT2D eigenvalue weighted by Gasteiger charge is 2.41. The zero-order valence-electron chi connectivity index (χ0n) is 13.7. The molecule has 0 aliphatic carbocycles. The van der Waals surface area contributed by atoms with Crippen molar-refractivity contribution in [2.45, 2.75) is 19.5 Å². The summed E-state index contributed by atoms with van der Waals surface area (Å²) in [6, 6.07) is 7.93. The summed E-state index contributed by atoms with van der Waals surface area (Å²) in [6.45, 7) is 5.40. The summed E-state index contributed by atoms with van der Waals surface area (Å²) in [5.41, 5.74) is 0.908. The number of quaternary nitrogens is 1. The fourth-order valence-electron chi connectivity index (χ4n) is 2.96. The summed E-state index contributed by atoms with van der Waals surface area (Å²) >= 11 is 1.50. The van der Waals surface area contributed by atoms with E-state index in [1.54, 1.807) is 0 Å². The molecule has 1 aliphatic heterocycles. The number of hydroxylamine groups is 2. The van der Waals surface area contributed by atoms with Crippen molar-refractivity contribution in [1.29, 1.82) is 0 Å². The van der Waals surface area contributed by atoms with Crippen LogP contribution in [0.5, 0.6) is 0 Å². The molecule has 1 aliphatic rings. The van der Waals surface area contributed by atoms with Gasteiger partial charge in [0.05, 0.1) is 16.8 Å². The van der Waals surface area contributed by atoms with Gasteiger partial charge in [0.1, 0.15) is 6.67 Å². The molecule has 1 fully saturated rings. The maximum Gasteiger partial charge on any atom is 0.289 e. The molecule has 3 rings (SSSR count). The molecule has 0 bridgehead atoms. The summed E-state index contributed by atoms with van der Waals surface area (Å²) in [5, 5.41) is 17.5. The average Bonchev–Trinajstić information content (AvgIpc) is 3.09. The molecule has 2 aromatic rings. The van der Waals surface area contributed by atoms with Gasteiger partial charge in [-0.15, -0.1) is 0 Å². The molecule has 2 atom stereocenters. The van der Waals surface area contributed by atoms with Gasteiger partial charge < -0.3 is 9.94 Å². The number of ether oxygens (including phenoxy) is 1. The molecule has 2 heterocycles. The van der Waals surface area contributed by atoms with Gasteiger partial charge in [-0.2, -0.15) is 4.98 Å². The summed E-state index contributed by atoms with van der Waals surface area (Å²) in [6.07, 6.45) is 0.732. The number of para-hydroxylation sites is 1. The van der Waals surface area contributed by atoms with Gasteiger partial charge in [0.25, 0.3) is 5.13 Å². The maximum atomic E-state index is 13.5. The third kappa shape index (κ3) is 3.55. The van der Waals surface area contributed by atoms with E-state index >= 15 is 0 Å². The molecule has 126 valence electrons. The number of nitrogens with zero attached hydrogens (tertiary/aromatic N) is 3. The van der Waals surface area contributed by atoms with Gasteiger partial charge in [-0.25, -0.2) is 0 Å². The predicted molar refractivity (Wildman–Crippen MR) is 95.2 cm³/mol. The summed E-state index contributed by atoms with van der Waals surface area (Å²) in [5.74, 6) is 0. The molecule has 0 saturated carbocycles. The monoisotopic (exact) mass is 336 g/mol. The van der Waals surface area contributed by atoms with Crippen LogP contribution in [0.15, 0.2) is 24.3 Å². The molecule has 1 saturated heterocycles. The molecule has 6 nitrogen and oxygen atoms in total. The topological polar surface area (TPSA) is 60.5 Å². The van der Waals surface area contributed by atoms with Crippen molar-refractivity contribution in [1.82, 2.24) is 19.8 Å². The zero-order chi connectivity index (χ0) is 16.3. The SMILES string of the molecule is CCOCCCNC1CN(C)C[N+]1([O-])c1nc2ccccc2s1. The van der Waals surface area contributed by atoms with Crippen molar-refractivity contribution in [2.75, 3.05) is 40.0 Å². The Balaban J connectivity index is 1.73. The molecule has 0 radical (unpaired) electrons. The first-order valence-corrected chi connectivity index (χ1v) is 8.89. The van der Waals surface area contributed by atoms with Crippen LogP contribution >= 0.6 is 11.3 Å². The van der Waals surface area contributed by atoms with Crippen LogP contribution in [-0.2, 0) is 4.74 Å². The molecule has 7 heteroatoms. The van der Waals surface area contributed by atoms with E-state index in [9.17, 15) is 5.21 Å². The van der Waals surface area contributed by atoms with Crippen molar-refractivity contribution in [2.24, 2.45) is 0 Å². The van der Waals surface area contributed by atoms with E-state index in [1.165, 1.54) is 11.3 Å².